The second-order valence-electron chi connectivity index (χ2n) is 8.81. The van der Waals surface area contributed by atoms with Crippen LogP contribution in [-0.4, -0.2) is 57.8 Å². The first-order valence-corrected chi connectivity index (χ1v) is 13.8. The summed E-state index contributed by atoms with van der Waals surface area (Å²) in [6.07, 6.45) is 2.18. The van der Waals surface area contributed by atoms with Crippen molar-refractivity contribution in [3.05, 3.63) is 53.9 Å². The van der Waals surface area contributed by atoms with Gasteiger partial charge in [0.2, 0.25) is 11.8 Å². The molecule has 0 aliphatic carbocycles. The Morgan fingerprint density at radius 3 is 2.46 bits per heavy atom. The van der Waals surface area contributed by atoms with E-state index in [4.69, 9.17) is 9.05 Å². The minimum Gasteiger partial charge on any atom is -0.337 e. The van der Waals surface area contributed by atoms with Crippen LogP contribution < -0.4 is 10.6 Å². The highest BCUT2D eigenvalue weighted by atomic mass is 31.2. The monoisotopic (exact) mass is 526 g/mol. The van der Waals surface area contributed by atoms with Crippen molar-refractivity contribution >= 4 is 47.2 Å². The van der Waals surface area contributed by atoms with Crippen molar-refractivity contribution in [3.63, 3.8) is 0 Å². The van der Waals surface area contributed by atoms with Crippen LogP contribution in [0.1, 0.15) is 43.2 Å². The number of fused-ring (bicyclic) bond motifs is 1. The molecule has 1 saturated heterocycles. The Bertz CT molecular complexity index is 1390. The molecule has 37 heavy (non-hydrogen) atoms. The van der Waals surface area contributed by atoms with Crippen LogP contribution in [0.25, 0.3) is 10.9 Å². The van der Waals surface area contributed by atoms with Gasteiger partial charge < -0.3 is 23.8 Å². The van der Waals surface area contributed by atoms with Crippen molar-refractivity contribution in [3.8, 4) is 0 Å². The lowest BCUT2D eigenvalue weighted by atomic mass is 10.0. The molecule has 0 bridgehead atoms. The quantitative estimate of drug-likeness (QED) is 0.316. The summed E-state index contributed by atoms with van der Waals surface area (Å²) < 4.78 is 25.9. The predicted octanol–water partition coefficient (Wildman–Crippen LogP) is 3.68. The van der Waals surface area contributed by atoms with Crippen LogP contribution >= 0.6 is 7.60 Å². The molecule has 196 valence electrons. The molecule has 0 spiro atoms. The second-order valence-corrected chi connectivity index (χ2v) is 10.8. The van der Waals surface area contributed by atoms with Gasteiger partial charge in [0.15, 0.2) is 5.78 Å². The number of aromatic nitrogens is 2. The summed E-state index contributed by atoms with van der Waals surface area (Å²) >= 11 is 0. The van der Waals surface area contributed by atoms with Gasteiger partial charge in [0, 0.05) is 34.9 Å². The number of hydrogen-bond acceptors (Lipinski definition) is 7. The molecule has 1 fully saturated rings. The topological polar surface area (TPSA) is 120 Å². The fourth-order valence-corrected chi connectivity index (χ4v) is 6.01. The first-order chi connectivity index (χ1) is 17.7. The summed E-state index contributed by atoms with van der Waals surface area (Å²) in [5.74, 6) is -0.275. The molecular formula is C26H31N4O6P. The van der Waals surface area contributed by atoms with E-state index in [1.165, 1.54) is 11.8 Å². The normalized spacial score (nSPS) is 15.5. The lowest BCUT2D eigenvalue weighted by molar-refractivity contribution is -0.145. The Hall–Kier alpha value is -3.33. The third-order valence-electron chi connectivity index (χ3n) is 6.25. The van der Waals surface area contributed by atoms with E-state index in [0.717, 1.165) is 5.69 Å². The standard InChI is InChI=1S/C26H31N4O6P/c1-5-35-37(34,36-6-2)19-10-11-22-20(14-19)21(18(4)31)15-29(22)16-25(32)30-13-12-23(30)26(33)28-24-9-7-8-17(3)27-24/h7-11,14-15,23H,5-6,12-13,16H2,1-4H3,(H,27,28,33)/t23-/m0/s1. The molecule has 1 aromatic carbocycles. The van der Waals surface area contributed by atoms with Crippen LogP contribution in [-0.2, 0) is 29.7 Å². The number of carbonyl (C=O) groups is 3. The molecular weight excluding hydrogens is 495 g/mol. The fourth-order valence-electron chi connectivity index (χ4n) is 4.41. The number of rotatable bonds is 10. The SMILES string of the molecule is CCOP(=O)(OCC)c1ccc2c(c1)c(C(C)=O)cn2CC(=O)N1CC[C@H]1C(=O)Nc1cccc(C)n1. The van der Waals surface area contributed by atoms with Crippen LogP contribution in [0.15, 0.2) is 42.6 Å². The third-order valence-corrected chi connectivity index (χ3v) is 8.35. The Morgan fingerprint density at radius 1 is 1.14 bits per heavy atom. The van der Waals surface area contributed by atoms with E-state index in [1.807, 2.05) is 13.0 Å². The number of nitrogens with zero attached hydrogens (tertiary/aromatic N) is 3. The van der Waals surface area contributed by atoms with Crippen molar-refractivity contribution in [2.45, 2.75) is 46.7 Å². The first-order valence-electron chi connectivity index (χ1n) is 12.2. The molecule has 2 amide bonds. The van der Waals surface area contributed by atoms with Crippen molar-refractivity contribution in [1.29, 1.82) is 0 Å². The van der Waals surface area contributed by atoms with E-state index >= 15 is 0 Å². The second kappa shape index (κ2) is 11.0. The number of anilines is 1. The van der Waals surface area contributed by atoms with Crippen LogP contribution in [0.2, 0.25) is 0 Å². The molecule has 1 N–H and O–H groups in total. The van der Waals surface area contributed by atoms with Crippen molar-refractivity contribution < 1.29 is 28.0 Å². The molecule has 10 nitrogen and oxygen atoms in total. The minimum absolute atomic E-state index is 0.0514. The Morgan fingerprint density at radius 2 is 1.86 bits per heavy atom. The first kappa shape index (κ1) is 26.7. The Labute approximate surface area is 215 Å². The number of nitrogens with one attached hydrogen (secondary N) is 1. The molecule has 2 aromatic heterocycles. The molecule has 1 aliphatic rings. The van der Waals surface area contributed by atoms with Gasteiger partial charge >= 0.3 is 7.60 Å². The number of amides is 2. The van der Waals surface area contributed by atoms with E-state index in [2.05, 4.69) is 10.3 Å². The minimum atomic E-state index is -3.55. The number of Topliss-reactive ketones (excluding diaryl/α,β-unsaturated/α-hetero) is 1. The van der Waals surface area contributed by atoms with Crippen LogP contribution in [0, 0.1) is 6.92 Å². The third kappa shape index (κ3) is 5.51. The van der Waals surface area contributed by atoms with Crippen molar-refractivity contribution in [2.75, 3.05) is 25.1 Å². The summed E-state index contributed by atoms with van der Waals surface area (Å²) in [7, 11) is -3.55. The van der Waals surface area contributed by atoms with Gasteiger partial charge in [-0.1, -0.05) is 6.07 Å². The smallest absolute Gasteiger partial charge is 0.337 e. The van der Waals surface area contributed by atoms with Gasteiger partial charge in [-0.2, -0.15) is 0 Å². The number of likely N-dealkylation sites (tertiary alicyclic amines) is 1. The van der Waals surface area contributed by atoms with Crippen molar-refractivity contribution in [1.82, 2.24) is 14.5 Å². The zero-order valence-electron chi connectivity index (χ0n) is 21.4. The summed E-state index contributed by atoms with van der Waals surface area (Å²) in [6, 6.07) is 9.73. The van der Waals surface area contributed by atoms with E-state index < -0.39 is 13.6 Å². The number of benzene rings is 1. The number of aryl methyl sites for hydroxylation is 1. The van der Waals surface area contributed by atoms with E-state index in [0.29, 0.717) is 40.6 Å². The zero-order valence-corrected chi connectivity index (χ0v) is 22.3. The maximum atomic E-state index is 13.3. The number of ketones is 1. The van der Waals surface area contributed by atoms with E-state index in [9.17, 15) is 18.9 Å². The van der Waals surface area contributed by atoms with Gasteiger partial charge in [-0.15, -0.1) is 0 Å². The number of pyridine rings is 1. The molecule has 1 aliphatic heterocycles. The lowest BCUT2D eigenvalue weighted by Gasteiger charge is -2.39. The van der Waals surface area contributed by atoms with Gasteiger partial charge in [0.05, 0.1) is 18.5 Å². The van der Waals surface area contributed by atoms with Gasteiger partial charge in [0.1, 0.15) is 18.4 Å². The highest BCUT2D eigenvalue weighted by Crippen LogP contribution is 2.47. The highest BCUT2D eigenvalue weighted by Gasteiger charge is 2.38. The molecule has 4 rings (SSSR count). The average molecular weight is 527 g/mol. The summed E-state index contributed by atoms with van der Waals surface area (Å²) in [5.41, 5.74) is 1.81. The van der Waals surface area contributed by atoms with Gasteiger partial charge in [-0.25, -0.2) is 4.98 Å². The Kier molecular flexibility index (Phi) is 7.92. The molecule has 3 heterocycles. The lowest BCUT2D eigenvalue weighted by Crippen LogP contribution is -2.57. The molecule has 0 saturated carbocycles. The van der Waals surface area contributed by atoms with E-state index in [1.54, 1.807) is 54.9 Å². The maximum Gasteiger partial charge on any atom is 0.361 e. The average Bonchev–Trinajstić information content (AvgIpc) is 3.16. The Balaban J connectivity index is 1.56. The largest absolute Gasteiger partial charge is 0.361 e. The van der Waals surface area contributed by atoms with Gasteiger partial charge in [0.25, 0.3) is 0 Å². The van der Waals surface area contributed by atoms with Gasteiger partial charge in [-0.3, -0.25) is 18.9 Å². The highest BCUT2D eigenvalue weighted by molar-refractivity contribution is 7.62. The summed E-state index contributed by atoms with van der Waals surface area (Å²) in [4.78, 5) is 44.2. The van der Waals surface area contributed by atoms with Crippen LogP contribution in [0.5, 0.6) is 0 Å². The zero-order chi connectivity index (χ0) is 26.7. The predicted molar refractivity (Wildman–Crippen MR) is 140 cm³/mol. The molecule has 0 radical (unpaired) electrons. The summed E-state index contributed by atoms with van der Waals surface area (Å²) in [5, 5.41) is 3.68. The van der Waals surface area contributed by atoms with Gasteiger partial charge in [-0.05, 0) is 64.4 Å². The van der Waals surface area contributed by atoms with E-state index in [-0.39, 0.29) is 37.4 Å². The maximum absolute atomic E-state index is 13.3. The number of hydrogen-bond donors (Lipinski definition) is 1. The molecule has 1 atom stereocenters. The molecule has 3 aromatic rings. The van der Waals surface area contributed by atoms with Crippen molar-refractivity contribution in [2.24, 2.45) is 0 Å². The van der Waals surface area contributed by atoms with Crippen LogP contribution in [0.4, 0.5) is 5.82 Å². The molecule has 11 heteroatoms. The summed E-state index contributed by atoms with van der Waals surface area (Å²) in [6.45, 7) is 7.55. The fraction of sp³-hybridized carbons (Fsp3) is 0.385. The van der Waals surface area contributed by atoms with Crippen LogP contribution in [0.3, 0.4) is 0 Å². The molecule has 0 unspecified atom stereocenters. The number of carbonyl (C=O) groups excluding carboxylic acids is 3.